The van der Waals surface area contributed by atoms with Crippen LogP contribution >= 0.6 is 0 Å². The van der Waals surface area contributed by atoms with Crippen molar-refractivity contribution in [2.45, 2.75) is 18.9 Å². The van der Waals surface area contributed by atoms with Crippen LogP contribution < -0.4 is 14.8 Å². The number of ether oxygens (including phenoxy) is 2. The number of anilines is 1. The zero-order valence-electron chi connectivity index (χ0n) is 17.8. The molecule has 3 amide bonds. The zero-order chi connectivity index (χ0) is 22.8. The van der Waals surface area contributed by atoms with E-state index < -0.39 is 23.8 Å². The van der Waals surface area contributed by atoms with E-state index in [1.807, 2.05) is 30.3 Å². The molecule has 2 aliphatic heterocycles. The van der Waals surface area contributed by atoms with Gasteiger partial charge >= 0.3 is 0 Å². The SMILES string of the molecule is O=C(Nc1ccc2c(c1)OCCCO2)C(Cc1ccccc1)N1C(=O)c2ccccc2C1=O. The van der Waals surface area contributed by atoms with Crippen LogP contribution in [0, 0.1) is 0 Å². The maximum Gasteiger partial charge on any atom is 0.262 e. The van der Waals surface area contributed by atoms with Crippen LogP contribution in [0.25, 0.3) is 0 Å². The molecule has 33 heavy (non-hydrogen) atoms. The van der Waals surface area contributed by atoms with Crippen molar-refractivity contribution in [1.29, 1.82) is 0 Å². The third kappa shape index (κ3) is 4.05. The molecule has 0 aromatic heterocycles. The Morgan fingerprint density at radius 2 is 1.48 bits per heavy atom. The van der Waals surface area contributed by atoms with Gasteiger partial charge in [0.2, 0.25) is 5.91 Å². The van der Waals surface area contributed by atoms with E-state index in [-0.39, 0.29) is 6.42 Å². The normalized spacial score (nSPS) is 15.6. The molecule has 7 heteroatoms. The van der Waals surface area contributed by atoms with Crippen molar-refractivity contribution in [2.24, 2.45) is 0 Å². The first-order valence-electron chi connectivity index (χ1n) is 10.8. The van der Waals surface area contributed by atoms with Crippen molar-refractivity contribution in [3.8, 4) is 11.5 Å². The molecule has 0 saturated heterocycles. The highest BCUT2D eigenvalue weighted by atomic mass is 16.5. The predicted octanol–water partition coefficient (Wildman–Crippen LogP) is 3.69. The van der Waals surface area contributed by atoms with Crippen LogP contribution in [0.1, 0.15) is 32.7 Å². The lowest BCUT2D eigenvalue weighted by Crippen LogP contribution is -2.48. The van der Waals surface area contributed by atoms with Gasteiger partial charge in [0.05, 0.1) is 24.3 Å². The molecule has 166 valence electrons. The minimum absolute atomic E-state index is 0.197. The molecule has 0 bridgehead atoms. The number of amides is 3. The first-order chi connectivity index (χ1) is 16.1. The highest BCUT2D eigenvalue weighted by Gasteiger charge is 2.42. The fraction of sp³-hybridized carbons (Fsp3) is 0.192. The Morgan fingerprint density at radius 3 is 2.18 bits per heavy atom. The third-order valence-corrected chi connectivity index (χ3v) is 5.73. The van der Waals surface area contributed by atoms with Gasteiger partial charge in [-0.15, -0.1) is 0 Å². The highest BCUT2D eigenvalue weighted by Crippen LogP contribution is 2.33. The zero-order valence-corrected chi connectivity index (χ0v) is 17.8. The van der Waals surface area contributed by atoms with Crippen molar-refractivity contribution >= 4 is 23.4 Å². The molecular formula is C26H22N2O5. The second-order valence-electron chi connectivity index (χ2n) is 7.93. The second kappa shape index (κ2) is 8.78. The van der Waals surface area contributed by atoms with Gasteiger partial charge in [-0.2, -0.15) is 0 Å². The lowest BCUT2D eigenvalue weighted by Gasteiger charge is -2.25. The minimum Gasteiger partial charge on any atom is -0.490 e. The van der Waals surface area contributed by atoms with Crippen LogP contribution in [0.15, 0.2) is 72.8 Å². The number of carbonyl (C=O) groups is 3. The maximum atomic E-state index is 13.5. The summed E-state index contributed by atoms with van der Waals surface area (Å²) in [5.74, 6) is -0.226. The van der Waals surface area contributed by atoms with E-state index >= 15 is 0 Å². The van der Waals surface area contributed by atoms with Crippen molar-refractivity contribution in [3.63, 3.8) is 0 Å². The monoisotopic (exact) mass is 442 g/mol. The van der Waals surface area contributed by atoms with Crippen molar-refractivity contribution in [2.75, 3.05) is 18.5 Å². The molecule has 1 N–H and O–H groups in total. The van der Waals surface area contributed by atoms with Crippen LogP contribution in [0.3, 0.4) is 0 Å². The average molecular weight is 442 g/mol. The molecule has 2 heterocycles. The lowest BCUT2D eigenvalue weighted by atomic mass is 10.0. The van der Waals surface area contributed by atoms with Gasteiger partial charge < -0.3 is 14.8 Å². The van der Waals surface area contributed by atoms with Gasteiger partial charge in [0.25, 0.3) is 11.8 Å². The van der Waals surface area contributed by atoms with E-state index in [9.17, 15) is 14.4 Å². The number of hydrogen-bond donors (Lipinski definition) is 1. The summed E-state index contributed by atoms with van der Waals surface area (Å²) in [5.41, 5.74) is 1.96. The topological polar surface area (TPSA) is 84.9 Å². The summed E-state index contributed by atoms with van der Waals surface area (Å²) in [7, 11) is 0. The number of benzene rings is 3. The van der Waals surface area contributed by atoms with Crippen LogP contribution in [-0.2, 0) is 11.2 Å². The Kier molecular flexibility index (Phi) is 5.52. The summed E-state index contributed by atoms with van der Waals surface area (Å²) in [4.78, 5) is 40.7. The average Bonchev–Trinajstić information content (AvgIpc) is 2.98. The summed E-state index contributed by atoms with van der Waals surface area (Å²) in [6, 6.07) is 20.1. The number of imide groups is 1. The van der Waals surface area contributed by atoms with E-state index in [0.29, 0.717) is 41.5 Å². The van der Waals surface area contributed by atoms with E-state index in [1.165, 1.54) is 0 Å². The molecule has 5 rings (SSSR count). The van der Waals surface area contributed by atoms with Gasteiger partial charge in [-0.3, -0.25) is 19.3 Å². The minimum atomic E-state index is -1.02. The van der Waals surface area contributed by atoms with Crippen molar-refractivity contribution in [3.05, 3.63) is 89.5 Å². The Morgan fingerprint density at radius 1 is 0.848 bits per heavy atom. The standard InChI is InChI=1S/C26H22N2O5/c29-24(27-18-11-12-22-23(16-18)33-14-6-13-32-22)21(15-17-7-2-1-3-8-17)28-25(30)19-9-4-5-10-20(19)26(28)31/h1-5,7-12,16,21H,6,13-15H2,(H,27,29). The molecule has 0 spiro atoms. The van der Waals surface area contributed by atoms with Crippen molar-refractivity contribution < 1.29 is 23.9 Å². The number of hydrogen-bond acceptors (Lipinski definition) is 5. The molecule has 3 aromatic carbocycles. The van der Waals surface area contributed by atoms with Gasteiger partial charge in [0.15, 0.2) is 11.5 Å². The Hall–Kier alpha value is -4.13. The smallest absolute Gasteiger partial charge is 0.262 e. The molecule has 7 nitrogen and oxygen atoms in total. The quantitative estimate of drug-likeness (QED) is 0.609. The third-order valence-electron chi connectivity index (χ3n) is 5.73. The molecule has 0 radical (unpaired) electrons. The van der Waals surface area contributed by atoms with Crippen LogP contribution in [0.2, 0.25) is 0 Å². The molecule has 1 unspecified atom stereocenters. The number of fused-ring (bicyclic) bond motifs is 2. The lowest BCUT2D eigenvalue weighted by molar-refractivity contribution is -0.119. The molecule has 2 aliphatic rings. The molecule has 0 aliphatic carbocycles. The summed E-state index contributed by atoms with van der Waals surface area (Å²) in [5, 5.41) is 2.86. The van der Waals surface area contributed by atoms with Gasteiger partial charge in [-0.05, 0) is 29.8 Å². The fourth-order valence-electron chi connectivity index (χ4n) is 4.10. The molecule has 3 aromatic rings. The van der Waals surface area contributed by atoms with Crippen LogP contribution in [-0.4, -0.2) is 41.9 Å². The van der Waals surface area contributed by atoms with Crippen molar-refractivity contribution in [1.82, 2.24) is 4.90 Å². The van der Waals surface area contributed by atoms with Gasteiger partial charge in [0.1, 0.15) is 6.04 Å². The molecular weight excluding hydrogens is 420 g/mol. The fourth-order valence-corrected chi connectivity index (χ4v) is 4.10. The second-order valence-corrected chi connectivity index (χ2v) is 7.93. The first kappa shape index (κ1) is 20.8. The molecule has 0 fully saturated rings. The summed E-state index contributed by atoms with van der Waals surface area (Å²) in [6.45, 7) is 1.09. The van der Waals surface area contributed by atoms with Crippen LogP contribution in [0.5, 0.6) is 11.5 Å². The number of rotatable bonds is 5. The Labute approximate surface area is 190 Å². The number of carbonyl (C=O) groups excluding carboxylic acids is 3. The highest BCUT2D eigenvalue weighted by molar-refractivity contribution is 6.23. The van der Waals surface area contributed by atoms with Gasteiger partial charge in [-0.1, -0.05) is 42.5 Å². The maximum absolute atomic E-state index is 13.5. The van der Waals surface area contributed by atoms with E-state index in [1.54, 1.807) is 42.5 Å². The van der Waals surface area contributed by atoms with E-state index in [0.717, 1.165) is 16.9 Å². The van der Waals surface area contributed by atoms with E-state index in [4.69, 9.17) is 9.47 Å². The summed E-state index contributed by atoms with van der Waals surface area (Å²) < 4.78 is 11.4. The summed E-state index contributed by atoms with van der Waals surface area (Å²) in [6.07, 6.45) is 0.970. The number of nitrogens with zero attached hydrogens (tertiary/aromatic N) is 1. The molecule has 0 saturated carbocycles. The van der Waals surface area contributed by atoms with Crippen LogP contribution in [0.4, 0.5) is 5.69 Å². The Bertz CT molecular complexity index is 1190. The van der Waals surface area contributed by atoms with Gasteiger partial charge in [0, 0.05) is 24.6 Å². The molecule has 1 atom stereocenters. The van der Waals surface area contributed by atoms with E-state index in [2.05, 4.69) is 5.32 Å². The first-order valence-corrected chi connectivity index (χ1v) is 10.8. The summed E-state index contributed by atoms with van der Waals surface area (Å²) >= 11 is 0. The predicted molar refractivity (Wildman–Crippen MR) is 122 cm³/mol. The Balaban J connectivity index is 1.45. The van der Waals surface area contributed by atoms with Gasteiger partial charge in [-0.25, -0.2) is 0 Å². The number of nitrogens with one attached hydrogen (secondary N) is 1. The largest absolute Gasteiger partial charge is 0.490 e.